The number of carbonyl (C=O) groups is 1. The van der Waals surface area contributed by atoms with E-state index in [2.05, 4.69) is 24.5 Å². The number of ether oxygens (including phenoxy) is 1. The highest BCUT2D eigenvalue weighted by Crippen LogP contribution is 2.52. The first-order valence-corrected chi connectivity index (χ1v) is 8.59. The van der Waals surface area contributed by atoms with Gasteiger partial charge in [-0.3, -0.25) is 0 Å². The molecule has 2 fully saturated rings. The number of amides is 2. The van der Waals surface area contributed by atoms with Crippen LogP contribution in [0.1, 0.15) is 44.3 Å². The first-order chi connectivity index (χ1) is 11.1. The summed E-state index contributed by atoms with van der Waals surface area (Å²) in [5.41, 5.74) is -0.527. The molecule has 134 valence electrons. The molecule has 2 amide bonds. The molecule has 3 N–H and O–H groups in total. The minimum absolute atomic E-state index is 0.0563. The number of hydrogen-bond acceptors (Lipinski definition) is 4. The smallest absolute Gasteiger partial charge is 0.315 e. The molecule has 0 spiro atoms. The third-order valence-electron chi connectivity index (χ3n) is 5.60. The van der Waals surface area contributed by atoms with Crippen molar-refractivity contribution in [2.24, 2.45) is 11.3 Å². The predicted molar refractivity (Wildman–Crippen MR) is 89.7 cm³/mol. The van der Waals surface area contributed by atoms with Crippen LogP contribution in [-0.4, -0.2) is 36.4 Å². The van der Waals surface area contributed by atoms with Gasteiger partial charge in [0, 0.05) is 29.5 Å². The monoisotopic (exact) mass is 336 g/mol. The van der Waals surface area contributed by atoms with Crippen molar-refractivity contribution in [3.63, 3.8) is 0 Å². The topological polar surface area (TPSA) is 83.7 Å². The van der Waals surface area contributed by atoms with Crippen molar-refractivity contribution in [3.8, 4) is 0 Å². The molecule has 1 aliphatic heterocycles. The van der Waals surface area contributed by atoms with Crippen LogP contribution in [0.15, 0.2) is 10.5 Å². The number of fused-ring (bicyclic) bond motifs is 1. The Labute approximate surface area is 142 Å². The van der Waals surface area contributed by atoms with Crippen LogP contribution >= 0.6 is 0 Å². The maximum atomic E-state index is 12.3. The van der Waals surface area contributed by atoms with E-state index < -0.39 is 5.60 Å². The van der Waals surface area contributed by atoms with E-state index in [9.17, 15) is 9.90 Å². The SMILES string of the molecule is Cc1cc(C(C)(O)CNC(=O)NC2C3CCOC3C2(C)C)c(C)o1. The van der Waals surface area contributed by atoms with Gasteiger partial charge in [-0.05, 0) is 33.3 Å². The molecule has 6 nitrogen and oxygen atoms in total. The number of hydrogen-bond donors (Lipinski definition) is 3. The van der Waals surface area contributed by atoms with Crippen molar-refractivity contribution in [3.05, 3.63) is 23.2 Å². The number of furan rings is 1. The summed E-state index contributed by atoms with van der Waals surface area (Å²) in [4.78, 5) is 12.3. The third kappa shape index (κ3) is 2.82. The summed E-state index contributed by atoms with van der Waals surface area (Å²) >= 11 is 0. The van der Waals surface area contributed by atoms with Crippen molar-refractivity contribution in [1.82, 2.24) is 10.6 Å². The van der Waals surface area contributed by atoms with Crippen molar-refractivity contribution in [1.29, 1.82) is 0 Å². The largest absolute Gasteiger partial charge is 0.466 e. The van der Waals surface area contributed by atoms with Crippen LogP contribution in [0.3, 0.4) is 0 Å². The Kier molecular flexibility index (Phi) is 4.16. The zero-order valence-corrected chi connectivity index (χ0v) is 15.1. The highest BCUT2D eigenvalue weighted by Gasteiger charge is 2.59. The van der Waals surface area contributed by atoms with Gasteiger partial charge in [0.05, 0.1) is 12.6 Å². The van der Waals surface area contributed by atoms with Gasteiger partial charge < -0.3 is 24.9 Å². The first kappa shape index (κ1) is 17.3. The second-order valence-electron chi connectivity index (χ2n) is 7.97. The second kappa shape index (κ2) is 5.77. The summed E-state index contributed by atoms with van der Waals surface area (Å²) < 4.78 is 11.2. The number of aliphatic hydroxyl groups is 1. The Bertz CT molecular complexity index is 635. The molecule has 1 aromatic heterocycles. The Morgan fingerprint density at radius 2 is 2.17 bits per heavy atom. The Balaban J connectivity index is 1.57. The van der Waals surface area contributed by atoms with E-state index in [1.165, 1.54) is 0 Å². The minimum atomic E-state index is -1.17. The molecule has 0 aromatic carbocycles. The zero-order chi connectivity index (χ0) is 17.7. The van der Waals surface area contributed by atoms with Crippen LogP contribution in [0, 0.1) is 25.2 Å². The molecule has 4 atom stereocenters. The van der Waals surface area contributed by atoms with Gasteiger partial charge in [-0.2, -0.15) is 0 Å². The molecule has 1 aliphatic carbocycles. The molecule has 0 bridgehead atoms. The summed E-state index contributed by atoms with van der Waals surface area (Å²) in [6, 6.07) is 1.66. The van der Waals surface area contributed by atoms with E-state index in [1.807, 2.05) is 19.9 Å². The van der Waals surface area contributed by atoms with E-state index in [-0.39, 0.29) is 30.1 Å². The number of rotatable bonds is 4. The zero-order valence-electron chi connectivity index (χ0n) is 15.1. The van der Waals surface area contributed by atoms with Gasteiger partial charge in [-0.25, -0.2) is 4.79 Å². The van der Waals surface area contributed by atoms with E-state index in [0.29, 0.717) is 17.2 Å². The first-order valence-electron chi connectivity index (χ1n) is 8.59. The average Bonchev–Trinajstić information content (AvgIpc) is 3.08. The molecule has 2 aliphatic rings. The quantitative estimate of drug-likeness (QED) is 0.787. The standard InChI is InChI=1S/C18H28N2O4/c1-10-8-13(11(2)24-10)18(5,22)9-19-16(21)20-14-12-6-7-23-15(12)17(14,3)4/h8,12,14-15,22H,6-7,9H2,1-5H3,(H2,19,20,21). The normalized spacial score (nSPS) is 30.2. The van der Waals surface area contributed by atoms with Crippen LogP contribution in [0.4, 0.5) is 4.79 Å². The Morgan fingerprint density at radius 3 is 2.79 bits per heavy atom. The van der Waals surface area contributed by atoms with Crippen molar-refractivity contribution in [2.75, 3.05) is 13.2 Å². The minimum Gasteiger partial charge on any atom is -0.466 e. The van der Waals surface area contributed by atoms with Gasteiger partial charge in [0.15, 0.2) is 0 Å². The lowest BCUT2D eigenvalue weighted by Crippen LogP contribution is -2.67. The molecule has 1 saturated carbocycles. The van der Waals surface area contributed by atoms with Gasteiger partial charge in [-0.1, -0.05) is 13.8 Å². The highest BCUT2D eigenvalue weighted by molar-refractivity contribution is 5.74. The van der Waals surface area contributed by atoms with Crippen LogP contribution in [0.25, 0.3) is 0 Å². The molecule has 6 heteroatoms. The van der Waals surface area contributed by atoms with E-state index in [4.69, 9.17) is 9.15 Å². The fourth-order valence-electron chi connectivity index (χ4n) is 4.32. The van der Waals surface area contributed by atoms with Crippen LogP contribution in [0.5, 0.6) is 0 Å². The lowest BCUT2D eigenvalue weighted by Gasteiger charge is -2.54. The van der Waals surface area contributed by atoms with Crippen LogP contribution in [0.2, 0.25) is 0 Å². The molecule has 1 aromatic rings. The van der Waals surface area contributed by atoms with E-state index >= 15 is 0 Å². The fourth-order valence-corrected chi connectivity index (χ4v) is 4.32. The Hall–Kier alpha value is -1.53. The van der Waals surface area contributed by atoms with Gasteiger partial charge >= 0.3 is 6.03 Å². The molecule has 1 saturated heterocycles. The molecule has 2 heterocycles. The third-order valence-corrected chi connectivity index (χ3v) is 5.60. The maximum Gasteiger partial charge on any atom is 0.315 e. The van der Waals surface area contributed by atoms with Crippen LogP contribution in [-0.2, 0) is 10.3 Å². The molecular weight excluding hydrogens is 308 g/mol. The predicted octanol–water partition coefficient (Wildman–Crippen LogP) is 2.22. The highest BCUT2D eigenvalue weighted by atomic mass is 16.5. The summed E-state index contributed by atoms with van der Waals surface area (Å²) in [5.74, 6) is 1.81. The average molecular weight is 336 g/mol. The summed E-state index contributed by atoms with van der Waals surface area (Å²) in [5, 5.41) is 16.5. The lowest BCUT2D eigenvalue weighted by atomic mass is 9.57. The van der Waals surface area contributed by atoms with E-state index in [1.54, 1.807) is 6.92 Å². The van der Waals surface area contributed by atoms with Crippen LogP contribution < -0.4 is 10.6 Å². The summed E-state index contributed by atoms with van der Waals surface area (Å²) in [7, 11) is 0. The summed E-state index contributed by atoms with van der Waals surface area (Å²) in [6.45, 7) is 10.5. The van der Waals surface area contributed by atoms with Gasteiger partial charge in [0.2, 0.25) is 0 Å². The van der Waals surface area contributed by atoms with E-state index in [0.717, 1.165) is 18.8 Å². The number of urea groups is 1. The van der Waals surface area contributed by atoms with Crippen molar-refractivity contribution < 1.29 is 19.1 Å². The number of nitrogens with one attached hydrogen (secondary N) is 2. The molecule has 4 unspecified atom stereocenters. The number of aryl methyl sites for hydroxylation is 2. The maximum absolute atomic E-state index is 12.3. The molecule has 24 heavy (non-hydrogen) atoms. The molecule has 3 rings (SSSR count). The fraction of sp³-hybridized carbons (Fsp3) is 0.722. The Morgan fingerprint density at radius 1 is 1.46 bits per heavy atom. The van der Waals surface area contributed by atoms with Crippen molar-refractivity contribution in [2.45, 2.75) is 58.8 Å². The second-order valence-corrected chi connectivity index (χ2v) is 7.97. The molecule has 0 radical (unpaired) electrons. The van der Waals surface area contributed by atoms with Crippen molar-refractivity contribution >= 4 is 6.03 Å². The number of carbonyl (C=O) groups excluding carboxylic acids is 1. The lowest BCUT2D eigenvalue weighted by molar-refractivity contribution is -0.108. The summed E-state index contributed by atoms with van der Waals surface area (Å²) in [6.07, 6.45) is 1.23. The van der Waals surface area contributed by atoms with Gasteiger partial charge in [0.1, 0.15) is 17.1 Å². The van der Waals surface area contributed by atoms with Gasteiger partial charge in [-0.15, -0.1) is 0 Å². The van der Waals surface area contributed by atoms with Gasteiger partial charge in [0.25, 0.3) is 0 Å². The molecular formula is C18H28N2O4.